The van der Waals surface area contributed by atoms with Crippen molar-refractivity contribution in [2.75, 3.05) is 40.8 Å². The molecule has 1 aliphatic rings. The van der Waals surface area contributed by atoms with E-state index in [4.69, 9.17) is 14.2 Å². The molecule has 0 aliphatic carbocycles. The van der Waals surface area contributed by atoms with E-state index in [0.717, 1.165) is 57.2 Å². The van der Waals surface area contributed by atoms with E-state index >= 15 is 0 Å². The number of hydrogen-bond donors (Lipinski definition) is 4. The Bertz CT molecular complexity index is 843. The van der Waals surface area contributed by atoms with Crippen molar-refractivity contribution in [3.63, 3.8) is 0 Å². The van der Waals surface area contributed by atoms with E-state index in [2.05, 4.69) is 22.9 Å². The number of ether oxygens (including phenoxy) is 3. The molecule has 9 nitrogen and oxygen atoms in total. The highest BCUT2D eigenvalue weighted by molar-refractivity contribution is 5.76. The topological polar surface area (TPSA) is 118 Å². The van der Waals surface area contributed by atoms with Crippen molar-refractivity contribution >= 4 is 11.9 Å². The average molecular weight is 522 g/mol. The summed E-state index contributed by atoms with van der Waals surface area (Å²) in [5, 5.41) is 19.6. The van der Waals surface area contributed by atoms with Gasteiger partial charge in [0.2, 0.25) is 0 Å². The molecule has 1 aromatic carbocycles. The molecular weight excluding hydrogens is 474 g/mol. The van der Waals surface area contributed by atoms with Crippen LogP contribution in [0.4, 0.5) is 0 Å². The zero-order valence-electron chi connectivity index (χ0n) is 23.2. The van der Waals surface area contributed by atoms with Gasteiger partial charge in [0.05, 0.1) is 7.11 Å². The van der Waals surface area contributed by atoms with Crippen LogP contribution in [0.3, 0.4) is 0 Å². The third-order valence-corrected chi connectivity index (χ3v) is 7.32. The molecule has 0 unspecified atom stereocenters. The summed E-state index contributed by atoms with van der Waals surface area (Å²) in [6, 6.07) is 4.88. The van der Waals surface area contributed by atoms with Crippen LogP contribution in [0.1, 0.15) is 64.4 Å². The first kappa shape index (κ1) is 30.9. The zero-order valence-corrected chi connectivity index (χ0v) is 23.2. The molecule has 0 saturated carbocycles. The Hall–Kier alpha value is -2.36. The predicted molar refractivity (Wildman–Crippen MR) is 144 cm³/mol. The molecule has 1 saturated heterocycles. The van der Waals surface area contributed by atoms with E-state index in [9.17, 15) is 14.7 Å². The van der Waals surface area contributed by atoms with Gasteiger partial charge in [0, 0.05) is 25.3 Å². The number of hydrogen-bond acceptors (Lipinski definition) is 9. The monoisotopic (exact) mass is 521 g/mol. The molecule has 37 heavy (non-hydrogen) atoms. The fourth-order valence-corrected chi connectivity index (χ4v) is 5.25. The molecule has 0 aromatic heterocycles. The minimum atomic E-state index is -0.493. The first-order valence-electron chi connectivity index (χ1n) is 13.5. The van der Waals surface area contributed by atoms with Gasteiger partial charge in [-0.3, -0.25) is 9.59 Å². The number of carbonyl (C=O) groups excluding carboxylic acids is 2. The summed E-state index contributed by atoms with van der Waals surface area (Å²) in [4.78, 5) is 25.3. The number of nitrogens with one attached hydrogen (secondary N) is 3. The normalized spacial score (nSPS) is 17.4. The Labute approximate surface area is 222 Å². The lowest BCUT2D eigenvalue weighted by atomic mass is 9.68. The Balaban J connectivity index is 2.44. The summed E-state index contributed by atoms with van der Waals surface area (Å²) in [5.41, 5.74) is 0.622. The molecule has 0 radical (unpaired) electrons. The van der Waals surface area contributed by atoms with Gasteiger partial charge in [-0.2, -0.15) is 0 Å². The fourth-order valence-electron chi connectivity index (χ4n) is 5.25. The maximum absolute atomic E-state index is 13.3. The molecule has 0 amide bonds. The molecular formula is C28H47N3O6. The first-order chi connectivity index (χ1) is 17.8. The number of methoxy groups -OCH3 is 1. The minimum Gasteiger partial charge on any atom is -0.504 e. The minimum absolute atomic E-state index is 0.0864. The summed E-state index contributed by atoms with van der Waals surface area (Å²) in [5.74, 6) is -0.143. The van der Waals surface area contributed by atoms with Gasteiger partial charge in [-0.25, -0.2) is 0 Å². The van der Waals surface area contributed by atoms with Crippen LogP contribution in [0.2, 0.25) is 0 Å². The van der Waals surface area contributed by atoms with E-state index in [1.807, 2.05) is 12.1 Å². The summed E-state index contributed by atoms with van der Waals surface area (Å²) >= 11 is 0. The molecule has 2 rings (SSSR count). The quantitative estimate of drug-likeness (QED) is 0.192. The van der Waals surface area contributed by atoms with Crippen LogP contribution < -0.4 is 20.7 Å². The van der Waals surface area contributed by atoms with E-state index in [1.165, 1.54) is 14.0 Å². The second-order valence-electron chi connectivity index (χ2n) is 10.1. The lowest BCUT2D eigenvalue weighted by Crippen LogP contribution is -2.52. The van der Waals surface area contributed by atoms with E-state index in [-0.39, 0.29) is 29.2 Å². The largest absolute Gasteiger partial charge is 0.504 e. The van der Waals surface area contributed by atoms with Crippen molar-refractivity contribution in [2.45, 2.75) is 83.5 Å². The molecule has 1 fully saturated rings. The lowest BCUT2D eigenvalue weighted by molar-refractivity contribution is -0.166. The van der Waals surface area contributed by atoms with Gasteiger partial charge >= 0.3 is 11.9 Å². The van der Waals surface area contributed by atoms with Gasteiger partial charge in [0.25, 0.3) is 0 Å². The van der Waals surface area contributed by atoms with Crippen LogP contribution in [0.15, 0.2) is 18.2 Å². The number of unbranched alkanes of at least 4 members (excludes halogenated alkanes) is 2. The highest BCUT2D eigenvalue weighted by Crippen LogP contribution is 2.42. The van der Waals surface area contributed by atoms with Crippen molar-refractivity contribution in [1.82, 2.24) is 16.0 Å². The van der Waals surface area contributed by atoms with Crippen LogP contribution in [-0.4, -0.2) is 76.1 Å². The van der Waals surface area contributed by atoms with Crippen molar-refractivity contribution in [2.24, 2.45) is 5.41 Å². The predicted octanol–water partition coefficient (Wildman–Crippen LogP) is 2.93. The van der Waals surface area contributed by atoms with Gasteiger partial charge in [0.15, 0.2) is 11.5 Å². The van der Waals surface area contributed by atoms with Crippen LogP contribution in [-0.2, 0) is 25.5 Å². The molecule has 4 N–H and O–H groups in total. The summed E-state index contributed by atoms with van der Waals surface area (Å²) < 4.78 is 17.4. The number of carbonyl (C=O) groups is 2. The number of rotatable bonds is 16. The van der Waals surface area contributed by atoms with Gasteiger partial charge in [-0.1, -0.05) is 25.8 Å². The van der Waals surface area contributed by atoms with Gasteiger partial charge in [-0.15, -0.1) is 0 Å². The third-order valence-electron chi connectivity index (χ3n) is 7.32. The summed E-state index contributed by atoms with van der Waals surface area (Å²) in [6.45, 7) is 5.60. The standard InChI is InChI=1S/C28H47N3O6/c1-6-7-8-9-22(36-20(2)32)17-26(37-27(34)23(30-4)19-29-3)28(12-14-31-15-13-28)18-21-10-11-24(33)25(16-21)35-5/h10-11,16,22-23,26,29-31,33H,6-9,12-15,17-19H2,1-5H3/t22-,23+,26-/m1/s1. The molecule has 210 valence electrons. The van der Waals surface area contributed by atoms with Crippen molar-refractivity contribution in [3.05, 3.63) is 23.8 Å². The highest BCUT2D eigenvalue weighted by atomic mass is 16.6. The number of benzene rings is 1. The van der Waals surface area contributed by atoms with Gasteiger partial charge in [0.1, 0.15) is 18.2 Å². The maximum atomic E-state index is 13.3. The van der Waals surface area contributed by atoms with E-state index < -0.39 is 12.1 Å². The molecule has 1 aromatic rings. The highest BCUT2D eigenvalue weighted by Gasteiger charge is 2.44. The summed E-state index contributed by atoms with van der Waals surface area (Å²) in [6.07, 6.45) is 5.68. The van der Waals surface area contributed by atoms with Crippen LogP contribution >= 0.6 is 0 Å². The Morgan fingerprint density at radius 3 is 2.49 bits per heavy atom. The molecule has 0 spiro atoms. The van der Waals surface area contributed by atoms with E-state index in [1.54, 1.807) is 20.2 Å². The second-order valence-corrected chi connectivity index (χ2v) is 10.1. The third kappa shape index (κ3) is 9.47. The van der Waals surface area contributed by atoms with Crippen molar-refractivity contribution < 1.29 is 28.9 Å². The molecule has 1 heterocycles. The number of phenolic OH excluding ortho intramolecular Hbond substituents is 1. The SMILES string of the molecule is CCCCC[C@H](C[C@@H](OC(=O)[C@H](CNC)NC)C1(Cc2ccc(O)c(OC)c2)CCNCC1)OC(C)=O. The van der Waals surface area contributed by atoms with Crippen molar-refractivity contribution in [3.8, 4) is 11.5 Å². The van der Waals surface area contributed by atoms with Gasteiger partial charge in [-0.05, 0) is 77.0 Å². The molecule has 0 bridgehead atoms. The first-order valence-corrected chi connectivity index (χ1v) is 13.5. The summed E-state index contributed by atoms with van der Waals surface area (Å²) in [7, 11) is 5.07. The zero-order chi connectivity index (χ0) is 27.3. The van der Waals surface area contributed by atoms with Crippen LogP contribution in [0.25, 0.3) is 0 Å². The molecule has 9 heteroatoms. The maximum Gasteiger partial charge on any atom is 0.324 e. The average Bonchev–Trinajstić information content (AvgIpc) is 2.88. The lowest BCUT2D eigenvalue weighted by Gasteiger charge is -2.44. The number of piperidine rings is 1. The fraction of sp³-hybridized carbons (Fsp3) is 0.714. The van der Waals surface area contributed by atoms with Crippen LogP contribution in [0.5, 0.6) is 11.5 Å². The van der Waals surface area contributed by atoms with Crippen molar-refractivity contribution in [1.29, 1.82) is 0 Å². The van der Waals surface area contributed by atoms with E-state index in [0.29, 0.717) is 25.1 Å². The Morgan fingerprint density at radius 1 is 1.16 bits per heavy atom. The van der Waals surface area contributed by atoms with Crippen LogP contribution in [0, 0.1) is 5.41 Å². The number of likely N-dealkylation sites (N-methyl/N-ethyl adjacent to an activating group) is 2. The smallest absolute Gasteiger partial charge is 0.324 e. The Morgan fingerprint density at radius 2 is 1.89 bits per heavy atom. The number of aromatic hydroxyl groups is 1. The molecule has 1 aliphatic heterocycles. The number of esters is 2. The Kier molecular flexibility index (Phi) is 13.2. The molecule has 3 atom stereocenters. The second kappa shape index (κ2) is 15.8. The van der Waals surface area contributed by atoms with Gasteiger partial charge < -0.3 is 35.3 Å². The number of phenols is 1.